The molecule has 0 spiro atoms. The van der Waals surface area contributed by atoms with E-state index in [0.717, 1.165) is 13.1 Å². The highest BCUT2D eigenvalue weighted by atomic mass is 35.5. The van der Waals surface area contributed by atoms with Gasteiger partial charge in [0.2, 0.25) is 5.88 Å². The Morgan fingerprint density at radius 1 is 1.33 bits per heavy atom. The van der Waals surface area contributed by atoms with Gasteiger partial charge >= 0.3 is 0 Å². The highest BCUT2D eigenvalue weighted by molar-refractivity contribution is 6.31. The fraction of sp³-hybridized carbons (Fsp3) is 0.615. The lowest BCUT2D eigenvalue weighted by molar-refractivity contribution is 0.0653. The van der Waals surface area contributed by atoms with Gasteiger partial charge < -0.3 is 19.9 Å². The Hall–Kier alpha value is -1.60. The van der Waals surface area contributed by atoms with Crippen molar-refractivity contribution in [3.05, 3.63) is 10.8 Å². The third kappa shape index (κ3) is 3.54. The zero-order valence-corrected chi connectivity index (χ0v) is 13.3. The molecular formula is C13H20ClN5O2. The van der Waals surface area contributed by atoms with Crippen LogP contribution in [0.4, 0.5) is 5.82 Å². The van der Waals surface area contributed by atoms with Crippen molar-refractivity contribution in [3.8, 4) is 5.88 Å². The van der Waals surface area contributed by atoms with E-state index < -0.39 is 0 Å². The number of hydrogen-bond donors (Lipinski definition) is 1. The molecule has 0 aromatic carbocycles. The molecule has 0 radical (unpaired) electrons. The molecule has 1 amide bonds. The molecule has 0 atom stereocenters. The van der Waals surface area contributed by atoms with Gasteiger partial charge in [-0.15, -0.1) is 0 Å². The Labute approximate surface area is 129 Å². The van der Waals surface area contributed by atoms with E-state index in [1.54, 1.807) is 4.90 Å². The Morgan fingerprint density at radius 3 is 2.57 bits per heavy atom. The summed E-state index contributed by atoms with van der Waals surface area (Å²) in [5.74, 6) is 0.419. The second-order valence-electron chi connectivity index (χ2n) is 4.85. The number of carbonyl (C=O) groups is 1. The summed E-state index contributed by atoms with van der Waals surface area (Å²) in [5.41, 5.74) is 0.161. The first-order chi connectivity index (χ1) is 10.1. The van der Waals surface area contributed by atoms with Crippen LogP contribution in [0, 0.1) is 0 Å². The topological polar surface area (TPSA) is 70.6 Å². The van der Waals surface area contributed by atoms with E-state index >= 15 is 0 Å². The number of hydrogen-bond acceptors (Lipinski definition) is 6. The number of ether oxygens (including phenoxy) is 1. The number of anilines is 1. The minimum Gasteiger partial charge on any atom is -0.479 e. The summed E-state index contributed by atoms with van der Waals surface area (Å²) in [4.78, 5) is 24.9. The van der Waals surface area contributed by atoms with Crippen molar-refractivity contribution in [2.75, 3.05) is 52.2 Å². The first-order valence-corrected chi connectivity index (χ1v) is 7.27. The van der Waals surface area contributed by atoms with Crippen LogP contribution < -0.4 is 10.1 Å². The predicted octanol–water partition coefficient (Wildman–Crippen LogP) is 0.958. The Kier molecular flexibility index (Phi) is 5.19. The summed E-state index contributed by atoms with van der Waals surface area (Å²) in [6, 6.07) is 0. The molecule has 1 saturated heterocycles. The maximum Gasteiger partial charge on any atom is 0.278 e. The number of nitrogens with zero attached hydrogens (tertiary/aromatic N) is 4. The van der Waals surface area contributed by atoms with Gasteiger partial charge in [0, 0.05) is 32.7 Å². The van der Waals surface area contributed by atoms with Crippen molar-refractivity contribution in [2.24, 2.45) is 0 Å². The average Bonchev–Trinajstić information content (AvgIpc) is 2.49. The predicted molar refractivity (Wildman–Crippen MR) is 81.2 cm³/mol. The van der Waals surface area contributed by atoms with Gasteiger partial charge in [0.05, 0.1) is 7.11 Å². The van der Waals surface area contributed by atoms with Gasteiger partial charge in [0.15, 0.2) is 16.7 Å². The Bertz CT molecular complexity index is 518. The maximum atomic E-state index is 12.6. The molecule has 0 saturated carbocycles. The Balaban J connectivity index is 2.25. The van der Waals surface area contributed by atoms with Gasteiger partial charge in [-0.3, -0.25) is 4.79 Å². The lowest BCUT2D eigenvalue weighted by atomic mass is 10.3. The first kappa shape index (κ1) is 15.8. The van der Waals surface area contributed by atoms with Crippen LogP contribution in [0.2, 0.25) is 5.15 Å². The number of nitrogens with one attached hydrogen (secondary N) is 1. The molecule has 1 N–H and O–H groups in total. The average molecular weight is 314 g/mol. The van der Waals surface area contributed by atoms with Crippen molar-refractivity contribution >= 4 is 23.3 Å². The van der Waals surface area contributed by atoms with E-state index in [2.05, 4.69) is 20.2 Å². The summed E-state index contributed by atoms with van der Waals surface area (Å²) >= 11 is 6.07. The van der Waals surface area contributed by atoms with Crippen molar-refractivity contribution in [3.63, 3.8) is 0 Å². The summed E-state index contributed by atoms with van der Waals surface area (Å²) < 4.78 is 5.19. The van der Waals surface area contributed by atoms with Crippen molar-refractivity contribution in [1.29, 1.82) is 0 Å². The fourth-order valence-corrected chi connectivity index (χ4v) is 2.31. The third-order valence-electron chi connectivity index (χ3n) is 3.35. The molecule has 8 heteroatoms. The monoisotopic (exact) mass is 313 g/mol. The highest BCUT2D eigenvalue weighted by Crippen LogP contribution is 2.24. The normalized spacial score (nSPS) is 15.9. The molecule has 2 heterocycles. The second-order valence-corrected chi connectivity index (χ2v) is 5.20. The molecule has 1 fully saturated rings. The molecular weight excluding hydrogens is 294 g/mol. The van der Waals surface area contributed by atoms with Crippen molar-refractivity contribution in [2.45, 2.75) is 6.92 Å². The molecule has 0 aliphatic carbocycles. The smallest absolute Gasteiger partial charge is 0.278 e. The molecule has 1 aromatic heterocycles. The van der Waals surface area contributed by atoms with E-state index in [9.17, 15) is 4.79 Å². The SMILES string of the molecule is CCNc1nc(OC)c(C(=O)N2CCN(C)CC2)nc1Cl. The van der Waals surface area contributed by atoms with E-state index in [1.807, 2.05) is 14.0 Å². The summed E-state index contributed by atoms with van der Waals surface area (Å²) in [7, 11) is 3.50. The van der Waals surface area contributed by atoms with Gasteiger partial charge in [-0.2, -0.15) is 4.98 Å². The lowest BCUT2D eigenvalue weighted by Crippen LogP contribution is -2.47. The van der Waals surface area contributed by atoms with Gasteiger partial charge in [-0.1, -0.05) is 11.6 Å². The summed E-state index contributed by atoms with van der Waals surface area (Å²) in [6.07, 6.45) is 0. The van der Waals surface area contributed by atoms with E-state index in [4.69, 9.17) is 16.3 Å². The number of likely N-dealkylation sites (N-methyl/N-ethyl adjacent to an activating group) is 1. The highest BCUT2D eigenvalue weighted by Gasteiger charge is 2.26. The fourth-order valence-electron chi connectivity index (χ4n) is 2.12. The third-order valence-corrected chi connectivity index (χ3v) is 3.62. The molecule has 1 aromatic rings. The zero-order chi connectivity index (χ0) is 15.4. The lowest BCUT2D eigenvalue weighted by Gasteiger charge is -2.32. The van der Waals surface area contributed by atoms with Crippen LogP contribution in [0.3, 0.4) is 0 Å². The molecule has 21 heavy (non-hydrogen) atoms. The van der Waals surface area contributed by atoms with Gasteiger partial charge in [0.1, 0.15) is 0 Å². The van der Waals surface area contributed by atoms with Crippen LogP contribution >= 0.6 is 11.6 Å². The van der Waals surface area contributed by atoms with Gasteiger partial charge in [-0.25, -0.2) is 4.98 Å². The molecule has 0 bridgehead atoms. The number of halogens is 1. The molecule has 7 nitrogen and oxygen atoms in total. The van der Waals surface area contributed by atoms with Crippen LogP contribution in [-0.4, -0.2) is 72.6 Å². The quantitative estimate of drug-likeness (QED) is 0.893. The van der Waals surface area contributed by atoms with Crippen molar-refractivity contribution < 1.29 is 9.53 Å². The zero-order valence-electron chi connectivity index (χ0n) is 12.5. The van der Waals surface area contributed by atoms with Crippen LogP contribution in [0.1, 0.15) is 17.4 Å². The second kappa shape index (κ2) is 6.91. The number of methoxy groups -OCH3 is 1. The standard InChI is InChI=1S/C13H20ClN5O2/c1-4-15-11-10(14)16-9(12(17-11)21-3)13(20)19-7-5-18(2)6-8-19/h4-8H2,1-3H3,(H,15,17). The molecule has 116 valence electrons. The van der Waals surface area contributed by atoms with E-state index in [0.29, 0.717) is 25.5 Å². The van der Waals surface area contributed by atoms with Crippen LogP contribution in [0.15, 0.2) is 0 Å². The van der Waals surface area contributed by atoms with Crippen LogP contribution in [-0.2, 0) is 0 Å². The first-order valence-electron chi connectivity index (χ1n) is 6.90. The summed E-state index contributed by atoms with van der Waals surface area (Å²) in [6.45, 7) is 5.58. The van der Waals surface area contributed by atoms with Crippen molar-refractivity contribution in [1.82, 2.24) is 19.8 Å². The molecule has 1 aliphatic heterocycles. The molecule has 2 rings (SSSR count). The van der Waals surface area contributed by atoms with E-state index in [-0.39, 0.29) is 22.6 Å². The maximum absolute atomic E-state index is 12.6. The molecule has 0 unspecified atom stereocenters. The largest absolute Gasteiger partial charge is 0.479 e. The van der Waals surface area contributed by atoms with Gasteiger partial charge in [0.25, 0.3) is 5.91 Å². The molecule has 1 aliphatic rings. The van der Waals surface area contributed by atoms with E-state index in [1.165, 1.54) is 7.11 Å². The minimum atomic E-state index is -0.197. The number of carbonyl (C=O) groups excluding carboxylic acids is 1. The number of piperazine rings is 1. The number of rotatable bonds is 4. The Morgan fingerprint density at radius 2 is 2.00 bits per heavy atom. The van der Waals surface area contributed by atoms with Crippen LogP contribution in [0.25, 0.3) is 0 Å². The summed E-state index contributed by atoms with van der Waals surface area (Å²) in [5, 5.41) is 3.16. The number of amides is 1. The number of aromatic nitrogens is 2. The minimum absolute atomic E-state index is 0.161. The van der Waals surface area contributed by atoms with Crippen LogP contribution in [0.5, 0.6) is 5.88 Å². The van der Waals surface area contributed by atoms with Gasteiger partial charge in [-0.05, 0) is 14.0 Å².